The fourth-order valence-corrected chi connectivity index (χ4v) is 11.9. The smallest absolute Gasteiger partial charge is 0.0541 e. The predicted octanol–water partition coefficient (Wildman–Crippen LogP) is 22.3. The van der Waals surface area contributed by atoms with Crippen molar-refractivity contribution in [1.82, 2.24) is 9.13 Å². The molecule has 0 bridgehead atoms. The number of nitrogens with zero attached hydrogens (tertiary/aromatic N) is 2. The van der Waals surface area contributed by atoms with Crippen LogP contribution in [-0.2, 0) is 32.5 Å². The van der Waals surface area contributed by atoms with Crippen molar-refractivity contribution < 1.29 is 0 Å². The molecule has 0 aliphatic rings. The van der Waals surface area contributed by atoms with E-state index in [4.69, 9.17) is 0 Å². The molecule has 80 heavy (non-hydrogen) atoms. The molecule has 0 atom stereocenters. The van der Waals surface area contributed by atoms with Crippen LogP contribution in [0.4, 0.5) is 0 Å². The molecule has 2 heterocycles. The number of hydrogen-bond acceptors (Lipinski definition) is 0. The van der Waals surface area contributed by atoms with Gasteiger partial charge < -0.3 is 9.13 Å². The van der Waals surface area contributed by atoms with Crippen molar-refractivity contribution in [3.05, 3.63) is 215 Å². The third kappa shape index (κ3) is 10.0. The second-order valence-electron chi connectivity index (χ2n) is 29.3. The molecule has 0 radical (unpaired) electrons. The zero-order valence-electron chi connectivity index (χ0n) is 51.2. The minimum atomic E-state index is 0.0158. The first-order valence-electron chi connectivity index (χ1n) is 29.2. The highest BCUT2D eigenvalue weighted by Gasteiger charge is 2.26. The van der Waals surface area contributed by atoms with Gasteiger partial charge in [0.2, 0.25) is 0 Å². The molecule has 0 amide bonds. The van der Waals surface area contributed by atoms with Gasteiger partial charge in [0, 0.05) is 32.9 Å². The second kappa shape index (κ2) is 19.1. The maximum Gasteiger partial charge on any atom is 0.0541 e. The topological polar surface area (TPSA) is 9.86 Å². The molecule has 11 aromatic rings. The molecule has 0 aliphatic carbocycles. The van der Waals surface area contributed by atoms with Crippen LogP contribution in [0.15, 0.2) is 182 Å². The number of hydrogen-bond donors (Lipinski definition) is 0. The molecular weight excluding hydrogens is 965 g/mol. The summed E-state index contributed by atoms with van der Waals surface area (Å²) < 4.78 is 5.00. The molecule has 9 aromatic carbocycles. The molecule has 0 spiro atoms. The molecule has 2 aromatic heterocycles. The van der Waals surface area contributed by atoms with Gasteiger partial charge in [0.15, 0.2) is 0 Å². The zero-order chi connectivity index (χ0) is 57.2. The minimum absolute atomic E-state index is 0.0158. The average molecular weight is 1050 g/mol. The van der Waals surface area contributed by atoms with E-state index in [0.717, 1.165) is 11.4 Å². The maximum atomic E-state index is 2.50. The third-order valence-electron chi connectivity index (χ3n) is 17.1. The van der Waals surface area contributed by atoms with Crippen LogP contribution in [0, 0.1) is 0 Å². The Bertz CT molecular complexity index is 3760. The van der Waals surface area contributed by atoms with E-state index in [2.05, 4.69) is 316 Å². The molecule has 0 saturated carbocycles. The Balaban J connectivity index is 1.17. The largest absolute Gasteiger partial charge is 0.309 e. The van der Waals surface area contributed by atoms with E-state index in [9.17, 15) is 0 Å². The molecule has 2 heteroatoms. The van der Waals surface area contributed by atoms with Gasteiger partial charge in [0.25, 0.3) is 0 Å². The summed E-state index contributed by atoms with van der Waals surface area (Å²) in [5.74, 6) is 0. The third-order valence-corrected chi connectivity index (χ3v) is 17.1. The van der Waals surface area contributed by atoms with Gasteiger partial charge >= 0.3 is 0 Å². The molecule has 2 nitrogen and oxygen atoms in total. The van der Waals surface area contributed by atoms with Crippen molar-refractivity contribution in [2.75, 3.05) is 0 Å². The summed E-state index contributed by atoms with van der Waals surface area (Å²) >= 11 is 0. The summed E-state index contributed by atoms with van der Waals surface area (Å²) in [5.41, 5.74) is 24.8. The summed E-state index contributed by atoms with van der Waals surface area (Å²) in [6.07, 6.45) is 0. The summed E-state index contributed by atoms with van der Waals surface area (Å²) in [6, 6.07) is 70.9. The lowest BCUT2D eigenvalue weighted by molar-refractivity contribution is 0.590. The zero-order valence-corrected chi connectivity index (χ0v) is 51.2. The van der Waals surface area contributed by atoms with Crippen molar-refractivity contribution in [2.45, 2.75) is 157 Å². The maximum absolute atomic E-state index is 2.50. The Hall–Kier alpha value is -7.42. The van der Waals surface area contributed by atoms with Crippen LogP contribution in [0.1, 0.15) is 158 Å². The summed E-state index contributed by atoms with van der Waals surface area (Å²) in [5, 5.41) is 5.17. The minimum Gasteiger partial charge on any atom is -0.309 e. The Morgan fingerprint density at radius 2 is 0.450 bits per heavy atom. The van der Waals surface area contributed by atoms with Crippen LogP contribution < -0.4 is 0 Å². The highest BCUT2D eigenvalue weighted by Crippen LogP contribution is 2.46. The molecular formula is C78H84N2. The van der Waals surface area contributed by atoms with Crippen molar-refractivity contribution in [2.24, 2.45) is 0 Å². The fourth-order valence-electron chi connectivity index (χ4n) is 11.9. The van der Waals surface area contributed by atoms with Gasteiger partial charge in [-0.25, -0.2) is 0 Å². The summed E-state index contributed by atoms with van der Waals surface area (Å²) in [4.78, 5) is 0. The van der Waals surface area contributed by atoms with Crippen molar-refractivity contribution in [3.63, 3.8) is 0 Å². The van der Waals surface area contributed by atoms with E-state index in [1.165, 1.54) is 122 Å². The SMILES string of the molecule is CC(C)(C)c1ccc(-c2cc(-c3cccc(-n4c5ccc(C(C)(C)C)cc5c5cc(C(C)(C)C)ccc54)c3)c(-c3ccc(C(C)(C)C)cc3)cc2-c2cccc(-n3c4ccc(C(C)(C)C)cc4c4cc(C(C)(C)C)ccc43)c2)cc1. The van der Waals surface area contributed by atoms with E-state index >= 15 is 0 Å². The van der Waals surface area contributed by atoms with E-state index in [0.29, 0.717) is 0 Å². The Labute approximate surface area is 478 Å². The average Bonchev–Trinajstić information content (AvgIpc) is 4.13. The van der Waals surface area contributed by atoms with Crippen LogP contribution in [0.5, 0.6) is 0 Å². The van der Waals surface area contributed by atoms with E-state index < -0.39 is 0 Å². The first-order chi connectivity index (χ1) is 37.4. The highest BCUT2D eigenvalue weighted by atomic mass is 15.0. The molecule has 0 N–H and O–H groups in total. The van der Waals surface area contributed by atoms with Crippen LogP contribution in [0.3, 0.4) is 0 Å². The van der Waals surface area contributed by atoms with Gasteiger partial charge in [-0.2, -0.15) is 0 Å². The number of fused-ring (bicyclic) bond motifs is 6. The normalized spacial score (nSPS) is 13.1. The van der Waals surface area contributed by atoms with Crippen LogP contribution in [-0.4, -0.2) is 9.13 Å². The lowest BCUT2D eigenvalue weighted by atomic mass is 9.82. The fraction of sp³-hybridized carbons (Fsp3) is 0.308. The Morgan fingerprint density at radius 3 is 0.700 bits per heavy atom. The van der Waals surface area contributed by atoms with E-state index in [1.807, 2.05) is 0 Å². The number of aromatic nitrogens is 2. The van der Waals surface area contributed by atoms with Gasteiger partial charge in [-0.3, -0.25) is 0 Å². The highest BCUT2D eigenvalue weighted by molar-refractivity contribution is 6.11. The molecule has 406 valence electrons. The van der Waals surface area contributed by atoms with Gasteiger partial charge in [0.05, 0.1) is 22.1 Å². The van der Waals surface area contributed by atoms with Crippen LogP contribution in [0.25, 0.3) is 99.5 Å². The van der Waals surface area contributed by atoms with Crippen LogP contribution in [0.2, 0.25) is 0 Å². The van der Waals surface area contributed by atoms with Gasteiger partial charge in [-0.05, 0) is 195 Å². The van der Waals surface area contributed by atoms with Crippen LogP contribution >= 0.6 is 0 Å². The molecule has 0 aliphatic heterocycles. The first kappa shape index (κ1) is 54.5. The summed E-state index contributed by atoms with van der Waals surface area (Å²) in [6.45, 7) is 41.6. The van der Waals surface area contributed by atoms with E-state index in [1.54, 1.807) is 0 Å². The van der Waals surface area contributed by atoms with Gasteiger partial charge in [-0.1, -0.05) is 222 Å². The lowest BCUT2D eigenvalue weighted by Gasteiger charge is -2.22. The number of rotatable bonds is 6. The van der Waals surface area contributed by atoms with Crippen molar-refractivity contribution in [1.29, 1.82) is 0 Å². The molecule has 0 unspecified atom stereocenters. The van der Waals surface area contributed by atoms with Gasteiger partial charge in [0.1, 0.15) is 0 Å². The molecule has 11 rings (SSSR count). The first-order valence-corrected chi connectivity index (χ1v) is 29.2. The number of benzene rings is 9. The monoisotopic (exact) mass is 1050 g/mol. The molecule has 0 saturated heterocycles. The van der Waals surface area contributed by atoms with Gasteiger partial charge in [-0.15, -0.1) is 0 Å². The van der Waals surface area contributed by atoms with E-state index in [-0.39, 0.29) is 32.5 Å². The van der Waals surface area contributed by atoms with Crippen molar-refractivity contribution >= 4 is 43.6 Å². The van der Waals surface area contributed by atoms with Crippen molar-refractivity contribution in [3.8, 4) is 55.9 Å². The summed E-state index contributed by atoms with van der Waals surface area (Å²) in [7, 11) is 0. The lowest BCUT2D eigenvalue weighted by Crippen LogP contribution is -2.10. The Kier molecular flexibility index (Phi) is 13.0. The standard InChI is InChI=1S/C78H84N2/c1-73(2,3)53-29-25-49(26-30-53)61-47-64(52-22-20-24-60(42-52)80-71-39-35-57(77(13,14)15)45-67(71)68-46-58(78(16,17)18)36-40-72(68)80)62(50-27-31-54(32-28-50)74(4,5)6)48-63(61)51-21-19-23-59(41-51)79-69-37-33-55(75(7,8)9)43-65(69)66-44-56(76(10,11)12)34-38-70(66)79/h19-48H,1-18H3. The second-order valence-corrected chi connectivity index (χ2v) is 29.3. The quantitative estimate of drug-likeness (QED) is 0.157. The Morgan fingerprint density at radius 1 is 0.212 bits per heavy atom. The molecule has 0 fully saturated rings. The predicted molar refractivity (Wildman–Crippen MR) is 349 cm³/mol.